The van der Waals surface area contributed by atoms with Crippen LogP contribution < -0.4 is 19.1 Å². The third-order valence-corrected chi connectivity index (χ3v) is 6.34. The van der Waals surface area contributed by atoms with E-state index in [2.05, 4.69) is 0 Å². The summed E-state index contributed by atoms with van der Waals surface area (Å²) < 4.78 is 30.7. The number of ether oxygens (including phenoxy) is 3. The lowest BCUT2D eigenvalue weighted by Gasteiger charge is -2.35. The average Bonchev–Trinajstić information content (AvgIpc) is 2.95. The van der Waals surface area contributed by atoms with Gasteiger partial charge in [-0.3, -0.25) is 4.79 Å². The van der Waals surface area contributed by atoms with Gasteiger partial charge in [0, 0.05) is 18.5 Å². The number of carbonyl (C=O) groups is 2. The van der Waals surface area contributed by atoms with Crippen molar-refractivity contribution in [3.8, 4) is 17.2 Å². The van der Waals surface area contributed by atoms with Crippen molar-refractivity contribution in [1.29, 1.82) is 0 Å². The van der Waals surface area contributed by atoms with Crippen LogP contribution in [0.15, 0.2) is 66.7 Å². The molecule has 0 spiro atoms. The second-order valence-electron chi connectivity index (χ2n) is 9.32. The average molecular weight is 550 g/mol. The monoisotopic (exact) mass is 549 g/mol. The molecule has 1 aliphatic heterocycles. The molecule has 0 radical (unpaired) electrons. The number of unbranched alkanes of at least 4 members (excludes halogenated alkanes) is 1. The molecule has 0 aliphatic carbocycles. The Bertz CT molecular complexity index is 1330. The smallest absolute Gasteiger partial charge is 0.346 e. The Morgan fingerprint density at radius 2 is 1.68 bits per heavy atom. The van der Waals surface area contributed by atoms with E-state index in [1.807, 2.05) is 59.5 Å². The molecule has 0 saturated carbocycles. The molecule has 4 rings (SSSR count). The van der Waals surface area contributed by atoms with Crippen LogP contribution in [0.25, 0.3) is 12.2 Å². The van der Waals surface area contributed by atoms with Crippen molar-refractivity contribution in [2.24, 2.45) is 0 Å². The molecule has 0 saturated heterocycles. The van der Waals surface area contributed by atoms with Crippen LogP contribution in [0.2, 0.25) is 0 Å². The zero-order valence-corrected chi connectivity index (χ0v) is 22.0. The van der Waals surface area contributed by atoms with Gasteiger partial charge in [-0.25, -0.2) is 9.18 Å². The van der Waals surface area contributed by atoms with E-state index in [1.54, 1.807) is 18.2 Å². The van der Waals surface area contributed by atoms with Gasteiger partial charge < -0.3 is 29.3 Å². The number of hydrogen-bond acceptors (Lipinski definition) is 6. The second-order valence-corrected chi connectivity index (χ2v) is 9.32. The molecule has 40 heavy (non-hydrogen) atoms. The number of fused-ring (bicyclic) bond motifs is 1. The minimum atomic E-state index is -1.07. The lowest BCUT2D eigenvalue weighted by atomic mass is 10.1. The molecule has 1 aliphatic rings. The number of carboxylic acid groups (broad SMARTS) is 2. The third-order valence-electron chi connectivity index (χ3n) is 6.34. The quantitative estimate of drug-likeness (QED) is 0.193. The molecule has 210 valence electrons. The standard InChI is InChI=1S/C31H32FNO7/c32-25-8-1-2-10-27(25)39-20-4-3-19-38-24-16-13-22(14-17-24)12-15-23-7-5-9-26-30(23)40-28(31(36)37)21-33(26)18-6-11-29(34)35/h1-2,5,7-10,12-17,28H,3-4,6,11,18-21H2,(H,34,35)(H,36,37)/b15-12+. The number of nitrogens with zero attached hydrogens (tertiary/aromatic N) is 1. The molecule has 1 unspecified atom stereocenters. The fourth-order valence-corrected chi connectivity index (χ4v) is 4.29. The van der Waals surface area contributed by atoms with Crippen LogP contribution in [-0.2, 0) is 9.59 Å². The van der Waals surface area contributed by atoms with Crippen LogP contribution in [0, 0.1) is 5.82 Å². The Balaban J connectivity index is 1.31. The van der Waals surface area contributed by atoms with Crippen LogP contribution in [-0.4, -0.2) is 54.6 Å². The number of aliphatic carboxylic acids is 2. The van der Waals surface area contributed by atoms with Crippen molar-refractivity contribution in [3.63, 3.8) is 0 Å². The fourth-order valence-electron chi connectivity index (χ4n) is 4.29. The van der Waals surface area contributed by atoms with E-state index in [0.717, 1.165) is 35.4 Å². The zero-order valence-electron chi connectivity index (χ0n) is 22.0. The Morgan fingerprint density at radius 1 is 0.925 bits per heavy atom. The number of benzene rings is 3. The predicted octanol–water partition coefficient (Wildman–Crippen LogP) is 5.75. The Hall–Kier alpha value is -4.53. The normalized spacial score (nSPS) is 14.4. The Morgan fingerprint density at radius 3 is 2.40 bits per heavy atom. The predicted molar refractivity (Wildman–Crippen MR) is 150 cm³/mol. The van der Waals surface area contributed by atoms with Crippen LogP contribution in [0.3, 0.4) is 0 Å². The van der Waals surface area contributed by atoms with E-state index < -0.39 is 18.0 Å². The molecule has 1 heterocycles. The van der Waals surface area contributed by atoms with Crippen molar-refractivity contribution in [2.45, 2.75) is 31.8 Å². The van der Waals surface area contributed by atoms with Gasteiger partial charge in [0.1, 0.15) is 5.75 Å². The third kappa shape index (κ3) is 7.99. The van der Waals surface area contributed by atoms with E-state index in [1.165, 1.54) is 6.07 Å². The highest BCUT2D eigenvalue weighted by Gasteiger charge is 2.31. The first-order valence-electron chi connectivity index (χ1n) is 13.2. The first kappa shape index (κ1) is 28.5. The van der Waals surface area contributed by atoms with Crippen molar-refractivity contribution in [1.82, 2.24) is 0 Å². The van der Waals surface area contributed by atoms with Crippen molar-refractivity contribution < 1.29 is 38.4 Å². The highest BCUT2D eigenvalue weighted by Crippen LogP contribution is 2.38. The maximum absolute atomic E-state index is 13.6. The summed E-state index contributed by atoms with van der Waals surface area (Å²) in [4.78, 5) is 24.5. The van der Waals surface area contributed by atoms with Gasteiger partial charge in [-0.2, -0.15) is 0 Å². The number of rotatable bonds is 14. The van der Waals surface area contributed by atoms with Gasteiger partial charge in [0.05, 0.1) is 25.4 Å². The molecule has 8 nitrogen and oxygen atoms in total. The summed E-state index contributed by atoms with van der Waals surface area (Å²) >= 11 is 0. The highest BCUT2D eigenvalue weighted by molar-refractivity contribution is 5.81. The Kier molecular flexibility index (Phi) is 9.99. The van der Waals surface area contributed by atoms with Crippen molar-refractivity contribution >= 4 is 29.8 Å². The summed E-state index contributed by atoms with van der Waals surface area (Å²) in [6.45, 7) is 1.49. The summed E-state index contributed by atoms with van der Waals surface area (Å²) in [5.41, 5.74) is 2.39. The van der Waals surface area contributed by atoms with E-state index >= 15 is 0 Å². The minimum Gasteiger partial charge on any atom is -0.494 e. The molecule has 3 aromatic rings. The van der Waals surface area contributed by atoms with Gasteiger partial charge in [-0.15, -0.1) is 0 Å². The van der Waals surface area contributed by atoms with Crippen LogP contribution >= 0.6 is 0 Å². The molecule has 9 heteroatoms. The number of halogens is 1. The zero-order chi connectivity index (χ0) is 28.3. The summed E-state index contributed by atoms with van der Waals surface area (Å²) in [6, 6.07) is 19.5. The molecule has 3 aromatic carbocycles. The van der Waals surface area contributed by atoms with Crippen LogP contribution in [0.4, 0.5) is 10.1 Å². The molecule has 0 bridgehead atoms. The van der Waals surface area contributed by atoms with E-state index in [9.17, 15) is 19.1 Å². The highest BCUT2D eigenvalue weighted by atomic mass is 19.1. The summed E-state index contributed by atoms with van der Waals surface area (Å²) in [7, 11) is 0. The number of hydrogen-bond donors (Lipinski definition) is 2. The topological polar surface area (TPSA) is 106 Å². The second kappa shape index (κ2) is 14.0. The van der Waals surface area contributed by atoms with Gasteiger partial charge in [0.2, 0.25) is 6.10 Å². The molecule has 0 aromatic heterocycles. The van der Waals surface area contributed by atoms with Gasteiger partial charge in [0.15, 0.2) is 17.3 Å². The van der Waals surface area contributed by atoms with Gasteiger partial charge in [-0.1, -0.05) is 48.6 Å². The fraction of sp³-hybridized carbons (Fsp3) is 0.290. The SMILES string of the molecule is O=C(O)CCCN1CC(C(=O)O)Oc2c(/C=C/c3ccc(OCCCCOc4ccccc4F)cc3)cccc21. The van der Waals surface area contributed by atoms with Crippen LogP contribution in [0.5, 0.6) is 17.2 Å². The maximum atomic E-state index is 13.6. The largest absolute Gasteiger partial charge is 0.494 e. The molecule has 2 N–H and O–H groups in total. The first-order chi connectivity index (χ1) is 19.4. The van der Waals surface area contributed by atoms with E-state index in [-0.39, 0.29) is 24.5 Å². The number of anilines is 1. The lowest BCUT2D eigenvalue weighted by Crippen LogP contribution is -2.45. The Labute approximate surface area is 232 Å². The lowest BCUT2D eigenvalue weighted by molar-refractivity contribution is -0.145. The van der Waals surface area contributed by atoms with Gasteiger partial charge in [-0.05, 0) is 55.2 Å². The number of carboxylic acids is 2. The molecule has 0 fully saturated rings. The molecular formula is C31H32FNO7. The van der Waals surface area contributed by atoms with Crippen LogP contribution in [0.1, 0.15) is 36.8 Å². The van der Waals surface area contributed by atoms with Crippen molar-refractivity contribution in [3.05, 3.63) is 83.7 Å². The maximum Gasteiger partial charge on any atom is 0.346 e. The van der Waals surface area contributed by atoms with Gasteiger partial charge in [0.25, 0.3) is 0 Å². The summed E-state index contributed by atoms with van der Waals surface area (Å²) in [6.07, 6.45) is 4.63. The summed E-state index contributed by atoms with van der Waals surface area (Å²) in [5, 5.41) is 18.6. The minimum absolute atomic E-state index is 0.00757. The number of para-hydroxylation sites is 2. The van der Waals surface area contributed by atoms with Crippen molar-refractivity contribution in [2.75, 3.05) is 31.2 Å². The summed E-state index contributed by atoms with van der Waals surface area (Å²) in [5.74, 6) is -0.875. The molecule has 1 atom stereocenters. The van der Waals surface area contributed by atoms with Gasteiger partial charge >= 0.3 is 11.9 Å². The molecular weight excluding hydrogens is 517 g/mol. The van der Waals surface area contributed by atoms with E-state index in [4.69, 9.17) is 19.3 Å². The first-order valence-corrected chi connectivity index (χ1v) is 13.2. The molecule has 0 amide bonds. The van der Waals surface area contributed by atoms with E-state index in [0.29, 0.717) is 31.9 Å².